The number of amidine groups is 1. The molecule has 1 aromatic rings. The Labute approximate surface area is 151 Å². The van der Waals surface area contributed by atoms with Gasteiger partial charge in [0.05, 0.1) is 38.3 Å². The molecule has 1 aliphatic heterocycles. The first-order chi connectivity index (χ1) is 12.4. The molecule has 0 spiro atoms. The fourth-order valence-electron chi connectivity index (χ4n) is 2.88. The molecule has 1 aromatic carbocycles. The average molecular weight is 372 g/mol. The predicted molar refractivity (Wildman–Crippen MR) is 92.3 cm³/mol. The highest BCUT2D eigenvalue weighted by atomic mass is 19.4. The predicted octanol–water partition coefficient (Wildman–Crippen LogP) is 1.90. The lowest BCUT2D eigenvalue weighted by atomic mass is 10.1. The number of hydrogen-bond donors (Lipinski definition) is 2. The van der Waals surface area contributed by atoms with Gasteiger partial charge in [-0.25, -0.2) is 4.99 Å². The number of hydrogen-bond acceptors (Lipinski definition) is 3. The number of likely N-dealkylation sites (tertiary alicyclic amines) is 1. The highest BCUT2D eigenvalue weighted by Crippen LogP contribution is 2.29. The molecule has 8 heteroatoms. The zero-order valence-corrected chi connectivity index (χ0v) is 14.9. The number of quaternary nitrogens is 1. The van der Waals surface area contributed by atoms with Gasteiger partial charge in [0.1, 0.15) is 0 Å². The molecule has 26 heavy (non-hydrogen) atoms. The van der Waals surface area contributed by atoms with Crippen LogP contribution in [0.5, 0.6) is 0 Å². The van der Waals surface area contributed by atoms with Crippen LogP contribution in [0.2, 0.25) is 0 Å². The number of carbonyl (C=O) groups is 1. The summed E-state index contributed by atoms with van der Waals surface area (Å²) in [7, 11) is 0. The van der Waals surface area contributed by atoms with Gasteiger partial charge < -0.3 is 9.64 Å². The Morgan fingerprint density at radius 1 is 1.27 bits per heavy atom. The van der Waals surface area contributed by atoms with Crippen molar-refractivity contribution in [2.24, 2.45) is 4.99 Å². The monoisotopic (exact) mass is 372 g/mol. The average Bonchev–Trinajstić information content (AvgIpc) is 2.62. The summed E-state index contributed by atoms with van der Waals surface area (Å²) in [4.78, 5) is 18.0. The van der Waals surface area contributed by atoms with Gasteiger partial charge in [-0.2, -0.15) is 13.2 Å². The van der Waals surface area contributed by atoms with Gasteiger partial charge in [0.15, 0.2) is 0 Å². The van der Waals surface area contributed by atoms with Gasteiger partial charge in [0.25, 0.3) is 11.9 Å². The Balaban J connectivity index is 1.97. The van der Waals surface area contributed by atoms with Crippen LogP contribution in [0, 0.1) is 0 Å². The maximum absolute atomic E-state index is 12.8. The number of piperidine rings is 1. The van der Waals surface area contributed by atoms with E-state index in [0.717, 1.165) is 31.8 Å². The molecule has 1 heterocycles. The van der Waals surface area contributed by atoms with Crippen LogP contribution < -0.4 is 10.2 Å². The van der Waals surface area contributed by atoms with Crippen LogP contribution in [0.25, 0.3) is 0 Å². The van der Waals surface area contributed by atoms with E-state index >= 15 is 0 Å². The third-order valence-electron chi connectivity index (χ3n) is 4.24. The molecule has 0 saturated carbocycles. The van der Waals surface area contributed by atoms with Crippen LogP contribution in [0.15, 0.2) is 29.3 Å². The standard InChI is InChI=1S/C18H24F3N3O2/c1-2-26-17(22-9-12-24-10-4-3-5-11-24)23-16(25)14-7-6-8-15(13-14)18(19,20)21/h6-8,13H,2-5,9-12H2,1H3,(H,22,23,25)/p+1. The van der Waals surface area contributed by atoms with Crippen molar-refractivity contribution in [2.75, 3.05) is 32.8 Å². The number of alkyl halides is 3. The van der Waals surface area contributed by atoms with Crippen molar-refractivity contribution in [1.29, 1.82) is 0 Å². The molecule has 5 nitrogen and oxygen atoms in total. The van der Waals surface area contributed by atoms with E-state index in [1.54, 1.807) is 6.92 Å². The van der Waals surface area contributed by atoms with E-state index in [9.17, 15) is 18.0 Å². The number of rotatable bonds is 5. The smallest absolute Gasteiger partial charge is 0.416 e. The zero-order valence-electron chi connectivity index (χ0n) is 14.9. The second-order valence-corrected chi connectivity index (χ2v) is 6.21. The minimum absolute atomic E-state index is 0.0475. The van der Waals surface area contributed by atoms with E-state index < -0.39 is 17.6 Å². The first-order valence-corrected chi connectivity index (χ1v) is 8.89. The van der Waals surface area contributed by atoms with Crippen molar-refractivity contribution in [3.63, 3.8) is 0 Å². The second kappa shape index (κ2) is 9.56. The minimum Gasteiger partial charge on any atom is -0.465 e. The van der Waals surface area contributed by atoms with E-state index in [4.69, 9.17) is 4.74 Å². The molecule has 144 valence electrons. The Hall–Kier alpha value is -2.09. The fraction of sp³-hybridized carbons (Fsp3) is 0.556. The number of aliphatic imine (C=N–C) groups is 1. The van der Waals surface area contributed by atoms with Gasteiger partial charge in [0.2, 0.25) is 0 Å². The number of nitrogens with zero attached hydrogens (tertiary/aromatic N) is 1. The van der Waals surface area contributed by atoms with Crippen LogP contribution in [0.4, 0.5) is 13.2 Å². The molecule has 1 saturated heterocycles. The van der Waals surface area contributed by atoms with E-state index in [0.29, 0.717) is 13.2 Å². The van der Waals surface area contributed by atoms with Crippen LogP contribution in [-0.4, -0.2) is 44.7 Å². The maximum atomic E-state index is 12.8. The number of nitrogens with one attached hydrogen (secondary N) is 2. The first-order valence-electron chi connectivity index (χ1n) is 8.89. The SMILES string of the molecule is CCOC(=NCC[NH+]1CCCCC1)NC(=O)c1cccc(C(F)(F)F)c1. The van der Waals surface area contributed by atoms with Gasteiger partial charge >= 0.3 is 6.18 Å². The number of ether oxygens (including phenoxy) is 1. The fourth-order valence-corrected chi connectivity index (χ4v) is 2.88. The minimum atomic E-state index is -4.50. The van der Waals surface area contributed by atoms with Crippen LogP contribution >= 0.6 is 0 Å². The second-order valence-electron chi connectivity index (χ2n) is 6.21. The molecule has 1 fully saturated rings. The lowest BCUT2D eigenvalue weighted by Crippen LogP contribution is -3.13. The summed E-state index contributed by atoms with van der Waals surface area (Å²) >= 11 is 0. The molecule has 0 aliphatic carbocycles. The summed E-state index contributed by atoms with van der Waals surface area (Å²) in [6.45, 7) is 5.63. The first kappa shape index (κ1) is 20.2. The third-order valence-corrected chi connectivity index (χ3v) is 4.24. The van der Waals surface area contributed by atoms with E-state index in [1.807, 2.05) is 0 Å². The van der Waals surface area contributed by atoms with Crippen molar-refractivity contribution < 1.29 is 27.6 Å². The van der Waals surface area contributed by atoms with Gasteiger partial charge in [0, 0.05) is 5.56 Å². The Morgan fingerprint density at radius 2 is 2.00 bits per heavy atom. The highest BCUT2D eigenvalue weighted by Gasteiger charge is 2.31. The maximum Gasteiger partial charge on any atom is 0.416 e. The zero-order chi connectivity index (χ0) is 19.0. The van der Waals surface area contributed by atoms with Crippen molar-refractivity contribution >= 4 is 11.9 Å². The van der Waals surface area contributed by atoms with E-state index in [-0.39, 0.29) is 11.6 Å². The van der Waals surface area contributed by atoms with Crippen molar-refractivity contribution in [2.45, 2.75) is 32.4 Å². The number of benzene rings is 1. The van der Waals surface area contributed by atoms with Crippen molar-refractivity contribution in [1.82, 2.24) is 5.32 Å². The van der Waals surface area contributed by atoms with Crippen molar-refractivity contribution in [3.05, 3.63) is 35.4 Å². The Morgan fingerprint density at radius 3 is 2.65 bits per heavy atom. The van der Waals surface area contributed by atoms with Crippen LogP contribution in [0.1, 0.15) is 42.1 Å². The Bertz CT molecular complexity index is 626. The van der Waals surface area contributed by atoms with Gasteiger partial charge in [-0.1, -0.05) is 6.07 Å². The van der Waals surface area contributed by atoms with Gasteiger partial charge in [-0.05, 0) is 44.4 Å². The molecule has 0 aromatic heterocycles. The normalized spacial score (nSPS) is 16.4. The summed E-state index contributed by atoms with van der Waals surface area (Å²) in [5.41, 5.74) is -0.956. The number of carbonyl (C=O) groups excluding carboxylic acids is 1. The molecule has 2 rings (SSSR count). The quantitative estimate of drug-likeness (QED) is 0.613. The van der Waals surface area contributed by atoms with Gasteiger partial charge in [-0.3, -0.25) is 10.1 Å². The molecule has 2 N–H and O–H groups in total. The van der Waals surface area contributed by atoms with Gasteiger partial charge in [-0.15, -0.1) is 0 Å². The molecular formula is C18H25F3N3O2+. The lowest BCUT2D eigenvalue weighted by molar-refractivity contribution is -0.903. The molecule has 0 bridgehead atoms. The summed E-state index contributed by atoms with van der Waals surface area (Å²) < 4.78 is 43.6. The lowest BCUT2D eigenvalue weighted by Gasteiger charge is -2.22. The molecule has 0 unspecified atom stereocenters. The summed E-state index contributed by atoms with van der Waals surface area (Å²) in [5, 5.41) is 2.46. The largest absolute Gasteiger partial charge is 0.465 e. The molecule has 1 aliphatic rings. The van der Waals surface area contributed by atoms with E-state index in [2.05, 4.69) is 10.3 Å². The van der Waals surface area contributed by atoms with Crippen molar-refractivity contribution in [3.8, 4) is 0 Å². The molecule has 0 atom stereocenters. The van der Waals surface area contributed by atoms with E-state index in [1.165, 1.54) is 36.3 Å². The summed E-state index contributed by atoms with van der Waals surface area (Å²) in [6, 6.07) is 4.32. The number of amides is 1. The number of halogens is 3. The molecular weight excluding hydrogens is 347 g/mol. The van der Waals surface area contributed by atoms with Crippen LogP contribution in [-0.2, 0) is 10.9 Å². The van der Waals surface area contributed by atoms with Crippen LogP contribution in [0.3, 0.4) is 0 Å². The summed E-state index contributed by atoms with van der Waals surface area (Å²) in [6.07, 6.45) is -0.804. The highest BCUT2D eigenvalue weighted by molar-refractivity contribution is 6.04. The summed E-state index contributed by atoms with van der Waals surface area (Å²) in [5.74, 6) is -0.673. The topological polar surface area (TPSA) is 55.1 Å². The molecule has 1 amide bonds. The Kier molecular flexibility index (Phi) is 7.44. The third kappa shape index (κ3) is 6.33. The molecule has 0 radical (unpaired) electrons.